The molecule has 1 nitrogen and oxygen atoms in total. The lowest BCUT2D eigenvalue weighted by atomic mass is 10.0. The summed E-state index contributed by atoms with van der Waals surface area (Å²) < 4.78 is 6.07. The number of hydrogen-bond acceptors (Lipinski definition) is 1. The Bertz CT molecular complexity index is 280. The fraction of sp³-hybridized carbons (Fsp3) is 0.926. The summed E-state index contributed by atoms with van der Waals surface area (Å²) in [4.78, 5) is 0. The van der Waals surface area contributed by atoms with Crippen LogP contribution < -0.4 is 0 Å². The first-order valence-electron chi connectivity index (χ1n) is 13.2. The summed E-state index contributed by atoms with van der Waals surface area (Å²) in [5.41, 5.74) is 0. The number of hydrogen-bond donors (Lipinski definition) is 0. The van der Waals surface area contributed by atoms with E-state index in [1.807, 2.05) is 0 Å². The van der Waals surface area contributed by atoms with Gasteiger partial charge in [0.25, 0.3) is 0 Å². The fourth-order valence-electron chi connectivity index (χ4n) is 4.43. The van der Waals surface area contributed by atoms with Crippen molar-refractivity contribution < 1.29 is 4.74 Å². The molecule has 166 valence electrons. The van der Waals surface area contributed by atoms with E-state index in [1.54, 1.807) is 0 Å². The van der Waals surface area contributed by atoms with Crippen molar-refractivity contribution in [2.75, 3.05) is 6.61 Å². The highest BCUT2D eigenvalue weighted by Gasteiger charge is 2.11. The Kier molecular flexibility index (Phi) is 20.1. The predicted molar refractivity (Wildman–Crippen MR) is 126 cm³/mol. The van der Waals surface area contributed by atoms with Crippen LogP contribution in [0, 0.1) is 13.3 Å². The van der Waals surface area contributed by atoms with Crippen molar-refractivity contribution in [1.29, 1.82) is 0 Å². The molecule has 28 heavy (non-hydrogen) atoms. The summed E-state index contributed by atoms with van der Waals surface area (Å²) in [6, 6.07) is 0. The van der Waals surface area contributed by atoms with Gasteiger partial charge in [-0.2, -0.15) is 0 Å². The van der Waals surface area contributed by atoms with Crippen molar-refractivity contribution in [3.05, 3.63) is 13.3 Å². The minimum Gasteiger partial charge on any atom is -0.378 e. The lowest BCUT2D eigenvalue weighted by Crippen LogP contribution is -2.12. The van der Waals surface area contributed by atoms with Crippen molar-refractivity contribution >= 4 is 0 Å². The maximum atomic E-state index is 6.07. The zero-order valence-corrected chi connectivity index (χ0v) is 19.2. The van der Waals surface area contributed by atoms with Gasteiger partial charge >= 0.3 is 0 Å². The summed E-state index contributed by atoms with van der Waals surface area (Å²) in [6.07, 6.45) is 34.9. The van der Waals surface area contributed by atoms with Crippen molar-refractivity contribution in [2.45, 2.75) is 154 Å². The van der Waals surface area contributed by atoms with E-state index in [0.717, 1.165) is 13.0 Å². The van der Waals surface area contributed by atoms with Crippen molar-refractivity contribution in [3.63, 3.8) is 0 Å². The highest BCUT2D eigenvalue weighted by Crippen LogP contribution is 2.19. The molecular weight excluding hydrogens is 340 g/mol. The van der Waals surface area contributed by atoms with Crippen LogP contribution >= 0.6 is 0 Å². The molecule has 1 atom stereocenters. The van der Waals surface area contributed by atoms with E-state index in [9.17, 15) is 0 Å². The van der Waals surface area contributed by atoms with Gasteiger partial charge in [0.1, 0.15) is 0 Å². The SMILES string of the molecule is [CH2]CCCCCCCCCCCCCCCCCCCOC1CC[CH]CCC1. The van der Waals surface area contributed by atoms with E-state index < -0.39 is 0 Å². The molecule has 0 N–H and O–H groups in total. The van der Waals surface area contributed by atoms with E-state index in [0.29, 0.717) is 6.10 Å². The molecule has 0 aliphatic heterocycles. The average Bonchev–Trinajstić information content (AvgIpc) is 2.98. The number of unbranched alkanes of at least 4 members (excludes halogenated alkanes) is 17. The Morgan fingerprint density at radius 3 is 1.54 bits per heavy atom. The van der Waals surface area contributed by atoms with Crippen LogP contribution in [0.25, 0.3) is 0 Å². The average molecular weight is 393 g/mol. The quantitative estimate of drug-likeness (QED) is 0.148. The molecule has 0 heterocycles. The van der Waals surface area contributed by atoms with Gasteiger partial charge in [-0.05, 0) is 32.1 Å². The van der Waals surface area contributed by atoms with Crippen LogP contribution in [0.2, 0.25) is 0 Å². The highest BCUT2D eigenvalue weighted by atomic mass is 16.5. The second-order valence-electron chi connectivity index (χ2n) is 9.15. The molecule has 0 aromatic carbocycles. The standard InChI is InChI=1S/C27H52O/c1-2-3-4-5-6-7-8-9-10-11-12-13-14-15-16-17-20-23-26-28-27-24-21-18-19-22-25-27/h18,27H,1-17,19-26H2. The van der Waals surface area contributed by atoms with Gasteiger partial charge in [0.05, 0.1) is 6.10 Å². The Morgan fingerprint density at radius 1 is 0.571 bits per heavy atom. The molecule has 0 spiro atoms. The van der Waals surface area contributed by atoms with Crippen molar-refractivity contribution in [3.8, 4) is 0 Å². The third-order valence-electron chi connectivity index (χ3n) is 6.38. The monoisotopic (exact) mass is 392 g/mol. The van der Waals surface area contributed by atoms with Gasteiger partial charge in [-0.15, -0.1) is 0 Å². The molecule has 0 bridgehead atoms. The van der Waals surface area contributed by atoms with Crippen LogP contribution in [0.3, 0.4) is 0 Å². The number of ether oxygens (including phenoxy) is 1. The van der Waals surface area contributed by atoms with E-state index in [4.69, 9.17) is 4.74 Å². The van der Waals surface area contributed by atoms with E-state index >= 15 is 0 Å². The van der Waals surface area contributed by atoms with Crippen LogP contribution in [-0.2, 0) is 4.74 Å². The smallest absolute Gasteiger partial charge is 0.0575 e. The van der Waals surface area contributed by atoms with Crippen molar-refractivity contribution in [1.82, 2.24) is 0 Å². The van der Waals surface area contributed by atoms with E-state index in [-0.39, 0.29) is 0 Å². The minimum absolute atomic E-state index is 0.558. The van der Waals surface area contributed by atoms with Gasteiger partial charge in [0, 0.05) is 6.61 Å². The minimum atomic E-state index is 0.558. The molecule has 1 rings (SSSR count). The summed E-state index contributed by atoms with van der Waals surface area (Å²) in [5, 5.41) is 0. The molecule has 1 fully saturated rings. The first-order valence-corrected chi connectivity index (χ1v) is 13.2. The molecular formula is C27H52O. The molecule has 0 amide bonds. The lowest BCUT2D eigenvalue weighted by Gasteiger charge is -2.15. The van der Waals surface area contributed by atoms with E-state index in [1.165, 1.54) is 141 Å². The Hall–Kier alpha value is -0.0400. The van der Waals surface area contributed by atoms with Gasteiger partial charge in [-0.3, -0.25) is 0 Å². The Morgan fingerprint density at radius 2 is 1.04 bits per heavy atom. The largest absolute Gasteiger partial charge is 0.378 e. The van der Waals surface area contributed by atoms with Gasteiger partial charge in [0.15, 0.2) is 0 Å². The van der Waals surface area contributed by atoms with Crippen LogP contribution in [-0.4, -0.2) is 12.7 Å². The van der Waals surface area contributed by atoms with E-state index in [2.05, 4.69) is 13.3 Å². The van der Waals surface area contributed by atoms with Crippen LogP contribution in [0.15, 0.2) is 0 Å². The molecule has 1 aliphatic carbocycles. The first kappa shape index (κ1) is 26.0. The highest BCUT2D eigenvalue weighted by molar-refractivity contribution is 4.74. The second kappa shape index (κ2) is 21.7. The van der Waals surface area contributed by atoms with Gasteiger partial charge in [0.2, 0.25) is 0 Å². The zero-order chi connectivity index (χ0) is 20.0. The topological polar surface area (TPSA) is 9.23 Å². The van der Waals surface area contributed by atoms with Gasteiger partial charge < -0.3 is 4.74 Å². The first-order chi connectivity index (χ1) is 13.9. The summed E-state index contributed by atoms with van der Waals surface area (Å²) in [5.74, 6) is 0. The van der Waals surface area contributed by atoms with Gasteiger partial charge in [-0.1, -0.05) is 129 Å². The summed E-state index contributed by atoms with van der Waals surface area (Å²) >= 11 is 0. The lowest BCUT2D eigenvalue weighted by molar-refractivity contribution is 0.0411. The molecule has 0 saturated heterocycles. The maximum absolute atomic E-state index is 6.07. The maximum Gasteiger partial charge on any atom is 0.0575 e. The van der Waals surface area contributed by atoms with Gasteiger partial charge in [-0.25, -0.2) is 0 Å². The predicted octanol–water partition coefficient (Wildman–Crippen LogP) is 9.40. The third kappa shape index (κ3) is 18.0. The molecule has 0 aromatic rings. The Labute approximate surface area is 178 Å². The van der Waals surface area contributed by atoms with Crippen LogP contribution in [0.5, 0.6) is 0 Å². The normalized spacial score (nSPS) is 15.8. The van der Waals surface area contributed by atoms with Crippen LogP contribution in [0.1, 0.15) is 148 Å². The van der Waals surface area contributed by atoms with Crippen molar-refractivity contribution in [2.24, 2.45) is 0 Å². The summed E-state index contributed by atoms with van der Waals surface area (Å²) in [7, 11) is 0. The number of rotatable bonds is 20. The summed E-state index contributed by atoms with van der Waals surface area (Å²) in [6.45, 7) is 4.91. The zero-order valence-electron chi connectivity index (χ0n) is 19.2. The Balaban J connectivity index is 1.66. The van der Waals surface area contributed by atoms with Crippen LogP contribution in [0.4, 0.5) is 0 Å². The molecule has 1 heteroatoms. The fourth-order valence-corrected chi connectivity index (χ4v) is 4.43. The molecule has 1 aliphatic rings. The second-order valence-corrected chi connectivity index (χ2v) is 9.15. The molecule has 2 radical (unpaired) electrons. The third-order valence-corrected chi connectivity index (χ3v) is 6.38. The molecule has 1 unspecified atom stereocenters. The molecule has 1 saturated carbocycles. The molecule has 0 aromatic heterocycles.